The number of aromatic nitrogens is 3. The molecule has 1 aromatic carbocycles. The van der Waals surface area contributed by atoms with Gasteiger partial charge in [-0.2, -0.15) is 0 Å². The molecule has 132 valence electrons. The summed E-state index contributed by atoms with van der Waals surface area (Å²) in [5.41, 5.74) is 1.89. The van der Waals surface area contributed by atoms with Crippen LogP contribution in [0, 0.1) is 5.92 Å². The van der Waals surface area contributed by atoms with Crippen molar-refractivity contribution in [3.05, 3.63) is 74.7 Å². The number of para-hydroxylation sites is 1. The van der Waals surface area contributed by atoms with Gasteiger partial charge in [0.05, 0.1) is 17.4 Å². The van der Waals surface area contributed by atoms with E-state index in [2.05, 4.69) is 20.9 Å². The fraction of sp³-hybridized carbons (Fsp3) is 0.350. The van der Waals surface area contributed by atoms with E-state index in [0.717, 1.165) is 37.3 Å². The zero-order valence-electron chi connectivity index (χ0n) is 14.4. The van der Waals surface area contributed by atoms with Crippen molar-refractivity contribution in [2.75, 3.05) is 13.1 Å². The van der Waals surface area contributed by atoms with Gasteiger partial charge in [-0.05, 0) is 30.5 Å². The van der Waals surface area contributed by atoms with E-state index in [1.807, 2.05) is 28.8 Å². The molecule has 5 rings (SSSR count). The van der Waals surface area contributed by atoms with Crippen molar-refractivity contribution in [1.29, 1.82) is 0 Å². The van der Waals surface area contributed by atoms with Crippen molar-refractivity contribution in [2.24, 2.45) is 5.92 Å². The lowest BCUT2D eigenvalue weighted by Gasteiger charge is -2.42. The molecule has 6 heteroatoms. The van der Waals surface area contributed by atoms with Gasteiger partial charge in [0.15, 0.2) is 0 Å². The average molecular weight is 348 g/mol. The lowest BCUT2D eigenvalue weighted by molar-refractivity contribution is 0.112. The average Bonchev–Trinajstić information content (AvgIpc) is 2.63. The summed E-state index contributed by atoms with van der Waals surface area (Å²) >= 11 is 0. The highest BCUT2D eigenvalue weighted by atomic mass is 16.1. The van der Waals surface area contributed by atoms with E-state index in [0.29, 0.717) is 29.6 Å². The monoisotopic (exact) mass is 348 g/mol. The number of piperidine rings is 1. The van der Waals surface area contributed by atoms with Crippen LogP contribution >= 0.6 is 0 Å². The van der Waals surface area contributed by atoms with Gasteiger partial charge in [-0.1, -0.05) is 18.2 Å². The van der Waals surface area contributed by atoms with Gasteiger partial charge in [0.25, 0.3) is 11.1 Å². The molecule has 2 atom stereocenters. The first-order valence-corrected chi connectivity index (χ1v) is 9.07. The number of pyridine rings is 1. The van der Waals surface area contributed by atoms with Crippen LogP contribution in [-0.4, -0.2) is 32.5 Å². The van der Waals surface area contributed by atoms with E-state index >= 15 is 0 Å². The van der Waals surface area contributed by atoms with Gasteiger partial charge in [0, 0.05) is 37.3 Å². The number of hydrogen-bond acceptors (Lipinski definition) is 4. The summed E-state index contributed by atoms with van der Waals surface area (Å²) in [5.74, 6) is 1.54. The molecule has 0 radical (unpaired) electrons. The summed E-state index contributed by atoms with van der Waals surface area (Å²) in [6.07, 6.45) is 1.13. The predicted molar refractivity (Wildman–Crippen MR) is 99.2 cm³/mol. The Morgan fingerprint density at radius 3 is 2.85 bits per heavy atom. The molecule has 0 spiro atoms. The molecule has 1 fully saturated rings. The fourth-order valence-corrected chi connectivity index (χ4v) is 4.55. The van der Waals surface area contributed by atoms with Crippen molar-refractivity contribution < 1.29 is 0 Å². The summed E-state index contributed by atoms with van der Waals surface area (Å²) < 4.78 is 1.94. The van der Waals surface area contributed by atoms with Gasteiger partial charge < -0.3 is 9.55 Å². The number of nitrogens with zero attached hydrogens (tertiary/aromatic N) is 3. The second-order valence-electron chi connectivity index (χ2n) is 7.42. The van der Waals surface area contributed by atoms with Gasteiger partial charge in [0.1, 0.15) is 5.82 Å². The molecule has 3 aromatic rings. The normalized spacial score (nSPS) is 22.3. The van der Waals surface area contributed by atoms with Crippen molar-refractivity contribution >= 4 is 10.9 Å². The van der Waals surface area contributed by atoms with Crippen LogP contribution in [0.15, 0.2) is 52.1 Å². The largest absolute Gasteiger partial charge is 0.312 e. The van der Waals surface area contributed by atoms with Crippen molar-refractivity contribution in [3.63, 3.8) is 0 Å². The van der Waals surface area contributed by atoms with Crippen LogP contribution < -0.4 is 11.1 Å². The predicted octanol–water partition coefficient (Wildman–Crippen LogP) is 1.70. The maximum absolute atomic E-state index is 12.3. The molecule has 0 amide bonds. The molecule has 0 aliphatic carbocycles. The third-order valence-corrected chi connectivity index (χ3v) is 5.59. The summed E-state index contributed by atoms with van der Waals surface area (Å²) in [6.45, 7) is 3.22. The Balaban J connectivity index is 1.43. The van der Waals surface area contributed by atoms with Crippen molar-refractivity contribution in [3.8, 4) is 0 Å². The quantitative estimate of drug-likeness (QED) is 0.765. The third kappa shape index (κ3) is 2.57. The summed E-state index contributed by atoms with van der Waals surface area (Å²) in [5, 5.41) is 0.625. The van der Waals surface area contributed by atoms with E-state index in [-0.39, 0.29) is 11.1 Å². The SMILES string of the molecule is O=c1[nH]c(CN2C[C@@H]3C[C@H](C2)c2cccc(=O)n2C3)nc2ccccc12. The Bertz CT molecular complexity index is 1100. The Morgan fingerprint density at radius 1 is 1.04 bits per heavy atom. The molecule has 26 heavy (non-hydrogen) atoms. The van der Waals surface area contributed by atoms with Crippen LogP contribution in [0.25, 0.3) is 10.9 Å². The van der Waals surface area contributed by atoms with Crippen molar-refractivity contribution in [1.82, 2.24) is 19.4 Å². The van der Waals surface area contributed by atoms with Gasteiger partial charge in [-0.25, -0.2) is 4.98 Å². The minimum absolute atomic E-state index is 0.0836. The number of aromatic amines is 1. The summed E-state index contributed by atoms with van der Waals surface area (Å²) in [6, 6.07) is 13.0. The molecule has 0 unspecified atom stereocenters. The molecule has 6 nitrogen and oxygen atoms in total. The molecule has 2 bridgehead atoms. The molecular formula is C20H20N4O2. The number of hydrogen-bond donors (Lipinski definition) is 1. The minimum atomic E-state index is -0.0836. The third-order valence-electron chi connectivity index (χ3n) is 5.59. The topological polar surface area (TPSA) is 71.0 Å². The molecule has 4 heterocycles. The maximum Gasteiger partial charge on any atom is 0.258 e. The zero-order chi connectivity index (χ0) is 17.7. The molecule has 2 aromatic heterocycles. The Hall–Kier alpha value is -2.73. The van der Waals surface area contributed by atoms with Crippen LogP contribution in [0.2, 0.25) is 0 Å². The number of fused-ring (bicyclic) bond motifs is 5. The highest BCUT2D eigenvalue weighted by Gasteiger charge is 2.34. The van der Waals surface area contributed by atoms with Crippen LogP contribution in [0.1, 0.15) is 23.9 Å². The maximum atomic E-state index is 12.3. The number of nitrogens with one attached hydrogen (secondary N) is 1. The lowest BCUT2D eigenvalue weighted by atomic mass is 9.83. The smallest absolute Gasteiger partial charge is 0.258 e. The van der Waals surface area contributed by atoms with Crippen LogP contribution in [0.3, 0.4) is 0 Å². The molecule has 2 aliphatic rings. The number of likely N-dealkylation sites (tertiary alicyclic amines) is 1. The first kappa shape index (κ1) is 15.5. The van der Waals surface area contributed by atoms with E-state index in [9.17, 15) is 9.59 Å². The molecular weight excluding hydrogens is 328 g/mol. The molecule has 1 saturated heterocycles. The van der Waals surface area contributed by atoms with Crippen LogP contribution in [0.4, 0.5) is 0 Å². The Labute approximate surface area is 150 Å². The highest BCUT2D eigenvalue weighted by Crippen LogP contribution is 2.35. The van der Waals surface area contributed by atoms with Gasteiger partial charge in [0.2, 0.25) is 0 Å². The minimum Gasteiger partial charge on any atom is -0.312 e. The van der Waals surface area contributed by atoms with Gasteiger partial charge in [-0.15, -0.1) is 0 Å². The van der Waals surface area contributed by atoms with E-state index in [1.165, 1.54) is 0 Å². The first-order valence-electron chi connectivity index (χ1n) is 9.07. The van der Waals surface area contributed by atoms with Crippen LogP contribution in [-0.2, 0) is 13.1 Å². The van der Waals surface area contributed by atoms with Crippen LogP contribution in [0.5, 0.6) is 0 Å². The number of H-pyrrole nitrogens is 1. The second-order valence-corrected chi connectivity index (χ2v) is 7.42. The number of benzene rings is 1. The first-order chi connectivity index (χ1) is 12.7. The van der Waals surface area contributed by atoms with Gasteiger partial charge in [-0.3, -0.25) is 14.5 Å². The Kier molecular flexibility index (Phi) is 3.53. The Morgan fingerprint density at radius 2 is 1.92 bits per heavy atom. The molecule has 2 aliphatic heterocycles. The van der Waals surface area contributed by atoms with Crippen molar-refractivity contribution in [2.45, 2.75) is 25.4 Å². The second kappa shape index (κ2) is 5.92. The molecule has 1 N–H and O–H groups in total. The number of rotatable bonds is 2. The fourth-order valence-electron chi connectivity index (χ4n) is 4.55. The van der Waals surface area contributed by atoms with E-state index in [1.54, 1.807) is 12.1 Å². The highest BCUT2D eigenvalue weighted by molar-refractivity contribution is 5.77. The lowest BCUT2D eigenvalue weighted by Crippen LogP contribution is -2.46. The van der Waals surface area contributed by atoms with E-state index < -0.39 is 0 Å². The summed E-state index contributed by atoms with van der Waals surface area (Å²) in [7, 11) is 0. The summed E-state index contributed by atoms with van der Waals surface area (Å²) in [4.78, 5) is 34.3. The van der Waals surface area contributed by atoms with E-state index in [4.69, 9.17) is 0 Å². The standard InChI is InChI=1S/C20H20N4O2/c25-19-7-3-6-17-14-8-13(10-24(17)19)9-23(11-14)12-18-21-16-5-2-1-4-15(16)20(26)22-18/h1-7,13-14H,8-12H2,(H,21,22,26)/t13-,14+/m0/s1. The molecule has 0 saturated carbocycles. The zero-order valence-corrected chi connectivity index (χ0v) is 14.4. The van der Waals surface area contributed by atoms with Gasteiger partial charge >= 0.3 is 0 Å².